The van der Waals surface area contributed by atoms with E-state index < -0.39 is 10.0 Å². The zero-order chi connectivity index (χ0) is 21.0. The van der Waals surface area contributed by atoms with Gasteiger partial charge >= 0.3 is 0 Å². The molecule has 8 heteroatoms. The van der Waals surface area contributed by atoms with Crippen LogP contribution in [0.5, 0.6) is 0 Å². The number of carbonyl (C=O) groups is 1. The van der Waals surface area contributed by atoms with Crippen molar-refractivity contribution in [2.75, 3.05) is 13.6 Å². The summed E-state index contributed by atoms with van der Waals surface area (Å²) < 4.78 is 32.3. The van der Waals surface area contributed by atoms with Crippen LogP contribution in [0.3, 0.4) is 0 Å². The van der Waals surface area contributed by atoms with Gasteiger partial charge in [0.25, 0.3) is 0 Å². The molecule has 0 atom stereocenters. The number of carbonyl (C=O) groups excluding carboxylic acids is 1. The minimum Gasteiger partial charge on any atom is -0.467 e. The SMILES string of the molecule is Cc1ccc(S(=O)(=O)N(C)CC(=O)N(Cc2ccco2)Cc2cccs2)cc1C. The lowest BCUT2D eigenvalue weighted by molar-refractivity contribution is -0.132. The third-order valence-electron chi connectivity index (χ3n) is 4.75. The molecule has 0 radical (unpaired) electrons. The smallest absolute Gasteiger partial charge is 0.243 e. The summed E-state index contributed by atoms with van der Waals surface area (Å²) in [5, 5.41) is 1.95. The molecule has 1 amide bonds. The topological polar surface area (TPSA) is 70.8 Å². The van der Waals surface area contributed by atoms with Crippen molar-refractivity contribution >= 4 is 27.3 Å². The van der Waals surface area contributed by atoms with Crippen LogP contribution in [0, 0.1) is 13.8 Å². The van der Waals surface area contributed by atoms with E-state index in [0.717, 1.165) is 20.3 Å². The van der Waals surface area contributed by atoms with Gasteiger partial charge in [0, 0.05) is 11.9 Å². The summed E-state index contributed by atoms with van der Waals surface area (Å²) >= 11 is 1.55. The monoisotopic (exact) mass is 432 g/mol. The van der Waals surface area contributed by atoms with Gasteiger partial charge < -0.3 is 9.32 Å². The largest absolute Gasteiger partial charge is 0.467 e. The highest BCUT2D eigenvalue weighted by Gasteiger charge is 2.26. The summed E-state index contributed by atoms with van der Waals surface area (Å²) in [5.74, 6) is 0.360. The van der Waals surface area contributed by atoms with Gasteiger partial charge in [-0.05, 0) is 60.7 Å². The van der Waals surface area contributed by atoms with Crippen LogP contribution in [-0.4, -0.2) is 37.1 Å². The summed E-state index contributed by atoms with van der Waals surface area (Å²) in [4.78, 5) is 15.8. The minimum absolute atomic E-state index is 0.187. The first-order chi connectivity index (χ1) is 13.8. The molecule has 0 aliphatic carbocycles. The van der Waals surface area contributed by atoms with Crippen molar-refractivity contribution in [3.8, 4) is 0 Å². The first-order valence-corrected chi connectivity index (χ1v) is 11.5. The van der Waals surface area contributed by atoms with Gasteiger partial charge in [0.2, 0.25) is 15.9 Å². The molecule has 3 rings (SSSR count). The van der Waals surface area contributed by atoms with Crippen LogP contribution in [0.2, 0.25) is 0 Å². The van der Waals surface area contributed by atoms with Gasteiger partial charge in [0.15, 0.2) is 0 Å². The Morgan fingerprint density at radius 3 is 2.48 bits per heavy atom. The molecule has 6 nitrogen and oxygen atoms in total. The number of hydrogen-bond donors (Lipinski definition) is 0. The van der Waals surface area contributed by atoms with Crippen LogP contribution in [0.4, 0.5) is 0 Å². The van der Waals surface area contributed by atoms with Crippen molar-refractivity contribution in [2.45, 2.75) is 31.8 Å². The van der Waals surface area contributed by atoms with E-state index in [1.807, 2.05) is 31.4 Å². The molecule has 0 fully saturated rings. The van der Waals surface area contributed by atoms with Crippen LogP contribution in [0.1, 0.15) is 21.8 Å². The second-order valence-electron chi connectivity index (χ2n) is 6.92. The lowest BCUT2D eigenvalue weighted by Gasteiger charge is -2.24. The summed E-state index contributed by atoms with van der Waals surface area (Å²) in [5.41, 5.74) is 1.91. The zero-order valence-corrected chi connectivity index (χ0v) is 18.3. The number of nitrogens with zero attached hydrogens (tertiary/aromatic N) is 2. The number of hydrogen-bond acceptors (Lipinski definition) is 5. The molecule has 154 valence electrons. The molecule has 0 aliphatic heterocycles. The van der Waals surface area contributed by atoms with Crippen molar-refractivity contribution in [1.29, 1.82) is 0 Å². The Bertz CT molecular complexity index is 1020. The molecular weight excluding hydrogens is 408 g/mol. The summed E-state index contributed by atoms with van der Waals surface area (Å²) in [6.45, 7) is 4.22. The molecule has 1 aromatic carbocycles. The third kappa shape index (κ3) is 5.14. The van der Waals surface area contributed by atoms with Crippen molar-refractivity contribution in [3.63, 3.8) is 0 Å². The van der Waals surface area contributed by atoms with Crippen molar-refractivity contribution in [3.05, 3.63) is 75.9 Å². The van der Waals surface area contributed by atoms with E-state index in [-0.39, 0.29) is 23.9 Å². The van der Waals surface area contributed by atoms with E-state index in [1.54, 1.807) is 52.8 Å². The highest BCUT2D eigenvalue weighted by atomic mass is 32.2. The first kappa shape index (κ1) is 21.3. The number of aryl methyl sites for hydroxylation is 2. The van der Waals surface area contributed by atoms with Gasteiger partial charge in [0.1, 0.15) is 5.76 Å². The maximum absolute atomic E-state index is 13.0. The standard InChI is InChI=1S/C21H24N2O4S2/c1-16-8-9-20(12-17(16)2)29(25,26)22(3)15-21(24)23(13-18-6-4-10-27-18)14-19-7-5-11-28-19/h4-12H,13-15H2,1-3H3. The van der Waals surface area contributed by atoms with E-state index in [4.69, 9.17) is 4.42 Å². The molecule has 0 spiro atoms. The average molecular weight is 433 g/mol. The van der Waals surface area contributed by atoms with Crippen molar-refractivity contribution in [1.82, 2.24) is 9.21 Å². The van der Waals surface area contributed by atoms with E-state index in [2.05, 4.69) is 0 Å². The fourth-order valence-electron chi connectivity index (χ4n) is 2.84. The number of furan rings is 1. The van der Waals surface area contributed by atoms with Crippen molar-refractivity contribution in [2.24, 2.45) is 0 Å². The second kappa shape index (κ2) is 8.94. The van der Waals surface area contributed by atoms with Crippen LogP contribution in [0.25, 0.3) is 0 Å². The van der Waals surface area contributed by atoms with Crippen molar-refractivity contribution < 1.29 is 17.6 Å². The molecule has 2 aromatic heterocycles. The van der Waals surface area contributed by atoms with E-state index in [1.165, 1.54) is 7.05 Å². The molecular formula is C21H24N2O4S2. The van der Waals surface area contributed by atoms with Crippen LogP contribution >= 0.6 is 11.3 Å². The Hall–Kier alpha value is -2.42. The van der Waals surface area contributed by atoms with Gasteiger partial charge in [-0.15, -0.1) is 11.3 Å². The number of rotatable bonds is 8. The summed E-state index contributed by atoms with van der Waals surface area (Å²) in [6.07, 6.45) is 1.56. The Kier molecular flexibility index (Phi) is 6.56. The molecule has 0 aliphatic rings. The normalized spacial score (nSPS) is 11.7. The van der Waals surface area contributed by atoms with Crippen LogP contribution < -0.4 is 0 Å². The fourth-order valence-corrected chi connectivity index (χ4v) is 4.77. The van der Waals surface area contributed by atoms with E-state index >= 15 is 0 Å². The van der Waals surface area contributed by atoms with Gasteiger partial charge in [-0.25, -0.2) is 8.42 Å². The van der Waals surface area contributed by atoms with Crippen LogP contribution in [0.15, 0.2) is 63.4 Å². The molecule has 0 unspecified atom stereocenters. The van der Waals surface area contributed by atoms with Gasteiger partial charge in [-0.1, -0.05) is 12.1 Å². The lowest BCUT2D eigenvalue weighted by Crippen LogP contribution is -2.40. The second-order valence-corrected chi connectivity index (χ2v) is 9.99. The van der Waals surface area contributed by atoms with E-state index in [0.29, 0.717) is 12.3 Å². The molecule has 2 heterocycles. The maximum Gasteiger partial charge on any atom is 0.243 e. The predicted octanol–water partition coefficient (Wildman–Crippen LogP) is 3.81. The summed E-state index contributed by atoms with van der Waals surface area (Å²) in [7, 11) is -2.34. The number of thiophene rings is 1. The minimum atomic E-state index is -3.77. The van der Waals surface area contributed by atoms with Crippen LogP contribution in [-0.2, 0) is 27.9 Å². The molecule has 0 saturated heterocycles. The Morgan fingerprint density at radius 2 is 1.86 bits per heavy atom. The number of amides is 1. The molecule has 0 N–H and O–H groups in total. The zero-order valence-electron chi connectivity index (χ0n) is 16.7. The highest BCUT2D eigenvalue weighted by Crippen LogP contribution is 2.20. The van der Waals surface area contributed by atoms with E-state index in [9.17, 15) is 13.2 Å². The summed E-state index contributed by atoms with van der Waals surface area (Å²) in [6, 6.07) is 12.4. The molecule has 0 saturated carbocycles. The fraction of sp³-hybridized carbons (Fsp3) is 0.286. The quantitative estimate of drug-likeness (QED) is 0.543. The Balaban J connectivity index is 1.77. The first-order valence-electron chi connectivity index (χ1n) is 9.13. The maximum atomic E-state index is 13.0. The predicted molar refractivity (Wildman–Crippen MR) is 113 cm³/mol. The number of likely N-dealkylation sites (N-methyl/N-ethyl adjacent to an activating group) is 1. The van der Waals surface area contributed by atoms with Gasteiger partial charge in [0.05, 0.1) is 30.8 Å². The molecule has 29 heavy (non-hydrogen) atoms. The average Bonchev–Trinajstić information content (AvgIpc) is 3.37. The lowest BCUT2D eigenvalue weighted by atomic mass is 10.1. The Labute approximate surface area is 175 Å². The molecule has 0 bridgehead atoms. The third-order valence-corrected chi connectivity index (χ3v) is 7.41. The van der Waals surface area contributed by atoms with Gasteiger partial charge in [-0.2, -0.15) is 4.31 Å². The van der Waals surface area contributed by atoms with Gasteiger partial charge in [-0.3, -0.25) is 4.79 Å². The number of sulfonamides is 1. The highest BCUT2D eigenvalue weighted by molar-refractivity contribution is 7.89. The molecule has 3 aromatic rings. The Morgan fingerprint density at radius 1 is 1.07 bits per heavy atom. The number of benzene rings is 1.